The minimum absolute atomic E-state index is 0. The summed E-state index contributed by atoms with van der Waals surface area (Å²) in [7, 11) is -2.11. The summed E-state index contributed by atoms with van der Waals surface area (Å²) in [6.45, 7) is 2.03. The van der Waals surface area contributed by atoms with E-state index in [0.717, 1.165) is 11.6 Å². The van der Waals surface area contributed by atoms with Gasteiger partial charge in [-0.25, -0.2) is 17.2 Å². The van der Waals surface area contributed by atoms with Crippen molar-refractivity contribution < 1.29 is 17.2 Å². The van der Waals surface area contributed by atoms with Crippen LogP contribution in [0.15, 0.2) is 47.5 Å². The van der Waals surface area contributed by atoms with Gasteiger partial charge in [0.15, 0.2) is 5.96 Å². The Balaban J connectivity index is 0.00000392. The van der Waals surface area contributed by atoms with E-state index in [1.54, 1.807) is 26.1 Å². The summed E-state index contributed by atoms with van der Waals surface area (Å²) >= 11 is 0. The standard InChI is InChI=1S/C18H22F2N4O2S.HI/c1-13-6-7-16(11-17(13)20)24-27(25,26)9-8-22-18(21-2)23-12-14-4-3-5-15(19)10-14;/h3-7,10-11,24H,8-9,12H2,1-2H3,(H2,21,22,23);1H. The number of sulfonamides is 1. The first-order chi connectivity index (χ1) is 12.8. The van der Waals surface area contributed by atoms with E-state index in [0.29, 0.717) is 18.1 Å². The highest BCUT2D eigenvalue weighted by atomic mass is 127. The number of rotatable bonds is 7. The molecule has 0 saturated heterocycles. The number of guanidine groups is 1. The summed E-state index contributed by atoms with van der Waals surface area (Å²) in [6, 6.07) is 10.3. The van der Waals surface area contributed by atoms with E-state index in [4.69, 9.17) is 0 Å². The van der Waals surface area contributed by atoms with Gasteiger partial charge in [-0.15, -0.1) is 24.0 Å². The van der Waals surface area contributed by atoms with E-state index in [1.165, 1.54) is 24.3 Å². The molecule has 10 heteroatoms. The minimum Gasteiger partial charge on any atom is -0.355 e. The van der Waals surface area contributed by atoms with Crippen molar-refractivity contribution in [2.24, 2.45) is 4.99 Å². The fourth-order valence-corrected chi connectivity index (χ4v) is 3.20. The maximum absolute atomic E-state index is 13.5. The lowest BCUT2D eigenvalue weighted by molar-refractivity contribution is 0.599. The van der Waals surface area contributed by atoms with Crippen molar-refractivity contribution in [1.82, 2.24) is 10.6 Å². The molecule has 0 radical (unpaired) electrons. The van der Waals surface area contributed by atoms with Gasteiger partial charge in [-0.05, 0) is 42.3 Å². The topological polar surface area (TPSA) is 82.6 Å². The van der Waals surface area contributed by atoms with Crippen LogP contribution in [0, 0.1) is 18.6 Å². The molecule has 0 bridgehead atoms. The van der Waals surface area contributed by atoms with Crippen LogP contribution in [0.4, 0.5) is 14.5 Å². The summed E-state index contributed by atoms with van der Waals surface area (Å²) < 4.78 is 53.2. The molecular formula is C18H23F2IN4O2S. The van der Waals surface area contributed by atoms with Gasteiger partial charge < -0.3 is 10.6 Å². The Morgan fingerprint density at radius 2 is 1.86 bits per heavy atom. The third-order valence-corrected chi connectivity index (χ3v) is 4.97. The van der Waals surface area contributed by atoms with Gasteiger partial charge >= 0.3 is 0 Å². The molecule has 0 aromatic heterocycles. The monoisotopic (exact) mass is 524 g/mol. The summed E-state index contributed by atoms with van der Waals surface area (Å²) in [5.74, 6) is -0.656. The molecule has 0 saturated carbocycles. The van der Waals surface area contributed by atoms with E-state index < -0.39 is 15.8 Å². The van der Waals surface area contributed by atoms with E-state index >= 15 is 0 Å². The van der Waals surface area contributed by atoms with Crippen molar-refractivity contribution in [3.8, 4) is 0 Å². The quantitative estimate of drug-likeness (QED) is 0.296. The van der Waals surface area contributed by atoms with Crippen molar-refractivity contribution in [2.75, 3.05) is 24.1 Å². The molecule has 2 aromatic carbocycles. The van der Waals surface area contributed by atoms with Gasteiger partial charge in [-0.1, -0.05) is 18.2 Å². The lowest BCUT2D eigenvalue weighted by Gasteiger charge is -2.13. The average molecular weight is 524 g/mol. The number of benzene rings is 2. The molecule has 154 valence electrons. The van der Waals surface area contributed by atoms with Crippen LogP contribution in [-0.4, -0.2) is 33.7 Å². The highest BCUT2D eigenvalue weighted by Gasteiger charge is 2.12. The Hall–Kier alpha value is -1.95. The molecule has 0 heterocycles. The smallest absolute Gasteiger partial charge is 0.234 e. The van der Waals surface area contributed by atoms with Gasteiger partial charge in [0.2, 0.25) is 10.0 Å². The summed E-state index contributed by atoms with van der Waals surface area (Å²) in [5.41, 5.74) is 1.34. The fourth-order valence-electron chi connectivity index (χ4n) is 2.24. The zero-order valence-electron chi connectivity index (χ0n) is 15.5. The zero-order chi connectivity index (χ0) is 19.9. The number of anilines is 1. The van der Waals surface area contributed by atoms with Crippen molar-refractivity contribution in [3.05, 3.63) is 65.2 Å². The maximum Gasteiger partial charge on any atom is 0.234 e. The predicted octanol–water partition coefficient (Wildman–Crippen LogP) is 3.00. The van der Waals surface area contributed by atoms with Gasteiger partial charge in [0, 0.05) is 20.1 Å². The van der Waals surface area contributed by atoms with Crippen molar-refractivity contribution in [2.45, 2.75) is 13.5 Å². The van der Waals surface area contributed by atoms with Crippen LogP contribution in [0.25, 0.3) is 0 Å². The fraction of sp³-hybridized carbons (Fsp3) is 0.278. The van der Waals surface area contributed by atoms with Crippen LogP contribution < -0.4 is 15.4 Å². The zero-order valence-corrected chi connectivity index (χ0v) is 18.6. The number of hydrogen-bond donors (Lipinski definition) is 3. The number of halogens is 3. The SMILES string of the molecule is CN=C(NCCS(=O)(=O)Nc1ccc(C)c(F)c1)NCc1cccc(F)c1.I. The molecule has 0 fully saturated rings. The van der Waals surface area contributed by atoms with E-state index in [2.05, 4.69) is 20.3 Å². The van der Waals surface area contributed by atoms with E-state index in [9.17, 15) is 17.2 Å². The first-order valence-corrected chi connectivity index (χ1v) is 9.90. The lowest BCUT2D eigenvalue weighted by atomic mass is 10.2. The van der Waals surface area contributed by atoms with Crippen LogP contribution in [-0.2, 0) is 16.6 Å². The molecule has 0 aliphatic heterocycles. The third kappa shape index (κ3) is 7.97. The average Bonchev–Trinajstić information content (AvgIpc) is 2.61. The number of hydrogen-bond acceptors (Lipinski definition) is 3. The molecule has 0 amide bonds. The molecule has 2 aromatic rings. The molecule has 0 aliphatic carbocycles. The Kier molecular flexibility index (Phi) is 9.59. The Bertz CT molecular complexity index is 924. The van der Waals surface area contributed by atoms with Crippen LogP contribution in [0.1, 0.15) is 11.1 Å². The third-order valence-electron chi connectivity index (χ3n) is 3.68. The molecule has 0 atom stereocenters. The first kappa shape index (κ1) is 24.1. The number of nitrogens with zero attached hydrogens (tertiary/aromatic N) is 1. The van der Waals surface area contributed by atoms with Gasteiger partial charge in [0.05, 0.1) is 11.4 Å². The second-order valence-electron chi connectivity index (χ2n) is 5.87. The second kappa shape index (κ2) is 11.1. The maximum atomic E-state index is 13.5. The molecule has 3 N–H and O–H groups in total. The first-order valence-electron chi connectivity index (χ1n) is 8.24. The highest BCUT2D eigenvalue weighted by molar-refractivity contribution is 14.0. The molecule has 0 unspecified atom stereocenters. The summed E-state index contributed by atoms with van der Waals surface area (Å²) in [5, 5.41) is 5.84. The Morgan fingerprint density at radius 3 is 2.50 bits per heavy atom. The van der Waals surface area contributed by atoms with Crippen LogP contribution in [0.2, 0.25) is 0 Å². The molecule has 0 aliphatic rings. The molecular weight excluding hydrogens is 501 g/mol. The van der Waals surface area contributed by atoms with E-state index in [-0.39, 0.29) is 47.8 Å². The van der Waals surface area contributed by atoms with E-state index in [1.807, 2.05) is 0 Å². The van der Waals surface area contributed by atoms with Crippen molar-refractivity contribution in [1.29, 1.82) is 0 Å². The van der Waals surface area contributed by atoms with Gasteiger partial charge in [-0.3, -0.25) is 9.71 Å². The van der Waals surface area contributed by atoms with Crippen LogP contribution in [0.5, 0.6) is 0 Å². The lowest BCUT2D eigenvalue weighted by Crippen LogP contribution is -2.39. The molecule has 2 rings (SSSR count). The Labute approximate surface area is 180 Å². The van der Waals surface area contributed by atoms with Gasteiger partial charge in [-0.2, -0.15) is 0 Å². The predicted molar refractivity (Wildman–Crippen MR) is 119 cm³/mol. The van der Waals surface area contributed by atoms with Crippen molar-refractivity contribution in [3.63, 3.8) is 0 Å². The number of nitrogens with one attached hydrogen (secondary N) is 3. The highest BCUT2D eigenvalue weighted by Crippen LogP contribution is 2.14. The molecule has 28 heavy (non-hydrogen) atoms. The number of aliphatic imine (C=N–C) groups is 1. The second-order valence-corrected chi connectivity index (χ2v) is 7.71. The summed E-state index contributed by atoms with van der Waals surface area (Å²) in [4.78, 5) is 3.99. The molecule has 0 spiro atoms. The van der Waals surface area contributed by atoms with Gasteiger partial charge in [0.25, 0.3) is 0 Å². The molecule has 6 nitrogen and oxygen atoms in total. The van der Waals surface area contributed by atoms with Crippen molar-refractivity contribution >= 4 is 45.6 Å². The summed E-state index contributed by atoms with van der Waals surface area (Å²) in [6.07, 6.45) is 0. The minimum atomic E-state index is -3.65. The normalized spacial score (nSPS) is 11.5. The number of aryl methyl sites for hydroxylation is 1. The van der Waals surface area contributed by atoms with Crippen LogP contribution in [0.3, 0.4) is 0 Å². The largest absolute Gasteiger partial charge is 0.355 e. The Morgan fingerprint density at radius 1 is 1.11 bits per heavy atom. The van der Waals surface area contributed by atoms with Crippen LogP contribution >= 0.6 is 24.0 Å². The van der Waals surface area contributed by atoms with Gasteiger partial charge in [0.1, 0.15) is 11.6 Å².